The molecule has 0 aliphatic carbocycles. The maximum absolute atomic E-state index is 12.6. The number of aliphatic hydroxyl groups is 1. The number of nitrogens with one attached hydrogen (secondary N) is 2. The third-order valence-electron chi connectivity index (χ3n) is 3.40. The van der Waals surface area contributed by atoms with Crippen molar-refractivity contribution in [2.24, 2.45) is 0 Å². The van der Waals surface area contributed by atoms with Gasteiger partial charge in [0.15, 0.2) is 11.4 Å². The number of aromatic nitrogens is 2. The van der Waals surface area contributed by atoms with Crippen molar-refractivity contribution in [3.63, 3.8) is 0 Å². The summed E-state index contributed by atoms with van der Waals surface area (Å²) in [6, 6.07) is 4.31. The number of alkyl halides is 3. The average Bonchev–Trinajstić information content (AvgIpc) is 3.07. The van der Waals surface area contributed by atoms with Gasteiger partial charge in [-0.15, -0.1) is 11.3 Å². The summed E-state index contributed by atoms with van der Waals surface area (Å²) in [5, 5.41) is 18.5. The van der Waals surface area contributed by atoms with E-state index in [9.17, 15) is 18.3 Å². The Hall–Kier alpha value is -2.07. The highest BCUT2D eigenvalue weighted by atomic mass is 35.5. The van der Waals surface area contributed by atoms with Gasteiger partial charge < -0.3 is 15.7 Å². The lowest BCUT2D eigenvalue weighted by Gasteiger charge is -2.13. The summed E-state index contributed by atoms with van der Waals surface area (Å²) in [7, 11) is 0. The van der Waals surface area contributed by atoms with Crippen molar-refractivity contribution in [1.82, 2.24) is 9.97 Å². The fourth-order valence-electron chi connectivity index (χ4n) is 2.09. The first-order valence-electron chi connectivity index (χ1n) is 7.37. The van der Waals surface area contributed by atoms with Crippen LogP contribution in [0.1, 0.15) is 17.5 Å². The summed E-state index contributed by atoms with van der Waals surface area (Å²) in [5.74, 6) is 0. The lowest BCUT2D eigenvalue weighted by Crippen LogP contribution is -2.11. The molecule has 11 heteroatoms. The first kappa shape index (κ1) is 19.7. The molecule has 27 heavy (non-hydrogen) atoms. The zero-order valence-corrected chi connectivity index (χ0v) is 15.6. The fourth-order valence-corrected chi connectivity index (χ4v) is 3.29. The van der Waals surface area contributed by atoms with Gasteiger partial charge in [-0.05, 0) is 24.3 Å². The Balaban J connectivity index is 1.69. The predicted octanol–water partition coefficient (Wildman–Crippen LogP) is 5.71. The van der Waals surface area contributed by atoms with E-state index in [1.165, 1.54) is 35.9 Å². The van der Waals surface area contributed by atoms with Crippen molar-refractivity contribution in [3.8, 4) is 0 Å². The molecule has 1 atom stereocenters. The summed E-state index contributed by atoms with van der Waals surface area (Å²) >= 11 is 13.3. The van der Waals surface area contributed by atoms with Gasteiger partial charge in [0.1, 0.15) is 5.69 Å². The molecule has 0 saturated heterocycles. The third kappa shape index (κ3) is 4.81. The molecule has 0 aliphatic rings. The molecule has 0 amide bonds. The van der Waals surface area contributed by atoms with Crippen LogP contribution >= 0.6 is 34.5 Å². The second-order valence-electron chi connectivity index (χ2n) is 5.30. The minimum atomic E-state index is -4.41. The van der Waals surface area contributed by atoms with Gasteiger partial charge in [0.25, 0.3) is 0 Å². The summed E-state index contributed by atoms with van der Waals surface area (Å²) in [6.45, 7) is 0. The highest BCUT2D eigenvalue weighted by Gasteiger charge is 2.30. The second kappa shape index (κ2) is 7.89. The molecule has 1 unspecified atom stereocenters. The molecule has 0 radical (unpaired) electrons. The van der Waals surface area contributed by atoms with Crippen LogP contribution < -0.4 is 10.6 Å². The zero-order valence-electron chi connectivity index (χ0n) is 13.3. The Kier molecular flexibility index (Phi) is 5.75. The van der Waals surface area contributed by atoms with Gasteiger partial charge >= 0.3 is 6.18 Å². The summed E-state index contributed by atoms with van der Waals surface area (Å²) in [5.41, 5.74) is 0.259. The van der Waals surface area contributed by atoms with Crippen LogP contribution in [-0.4, -0.2) is 15.1 Å². The predicted molar refractivity (Wildman–Crippen MR) is 99.7 cm³/mol. The van der Waals surface area contributed by atoms with Gasteiger partial charge in [-0.25, -0.2) is 4.98 Å². The third-order valence-corrected chi connectivity index (χ3v) is 4.75. The van der Waals surface area contributed by atoms with Gasteiger partial charge in [0.05, 0.1) is 21.3 Å². The molecule has 3 aromatic rings. The van der Waals surface area contributed by atoms with E-state index in [4.69, 9.17) is 23.2 Å². The van der Waals surface area contributed by atoms with Crippen LogP contribution in [0, 0.1) is 0 Å². The summed E-state index contributed by atoms with van der Waals surface area (Å²) < 4.78 is 37.7. The Morgan fingerprint density at radius 3 is 2.30 bits per heavy atom. The number of hydrogen-bond acceptors (Lipinski definition) is 6. The van der Waals surface area contributed by atoms with Crippen LogP contribution in [-0.2, 0) is 6.18 Å². The van der Waals surface area contributed by atoms with Crippen LogP contribution in [0.2, 0.25) is 10.0 Å². The van der Waals surface area contributed by atoms with Gasteiger partial charge in [-0.1, -0.05) is 23.2 Å². The maximum atomic E-state index is 12.6. The highest BCUT2D eigenvalue weighted by molar-refractivity contribution is 7.13. The van der Waals surface area contributed by atoms with Crippen molar-refractivity contribution >= 4 is 51.0 Å². The monoisotopic (exact) mass is 434 g/mol. The molecule has 0 saturated carbocycles. The normalized spacial score (nSPS) is 12.7. The Bertz CT molecular complexity index is 914. The van der Waals surface area contributed by atoms with Crippen molar-refractivity contribution in [3.05, 3.63) is 63.3 Å². The van der Waals surface area contributed by atoms with Crippen LogP contribution in [0.5, 0.6) is 0 Å². The molecule has 0 spiro atoms. The number of rotatable bonds is 5. The van der Waals surface area contributed by atoms with Gasteiger partial charge in [-0.2, -0.15) is 13.2 Å². The van der Waals surface area contributed by atoms with E-state index >= 15 is 0 Å². The summed E-state index contributed by atoms with van der Waals surface area (Å²) in [6.07, 6.45) is -2.78. The van der Waals surface area contributed by atoms with Gasteiger partial charge in [-0.3, -0.25) is 4.98 Å². The molecule has 0 aliphatic heterocycles. The van der Waals surface area contributed by atoms with Crippen molar-refractivity contribution in [2.75, 3.05) is 10.6 Å². The number of aliphatic hydroxyl groups excluding tert-OH is 1. The van der Waals surface area contributed by atoms with Crippen molar-refractivity contribution in [1.29, 1.82) is 0 Å². The van der Waals surface area contributed by atoms with E-state index in [2.05, 4.69) is 20.6 Å². The molecule has 0 fully saturated rings. The minimum Gasteiger partial charge on any atom is -0.368 e. The minimum absolute atomic E-state index is 0.281. The molecule has 3 rings (SSSR count). The van der Waals surface area contributed by atoms with Crippen molar-refractivity contribution < 1.29 is 18.3 Å². The topological polar surface area (TPSA) is 70.1 Å². The molecule has 2 heterocycles. The highest BCUT2D eigenvalue weighted by Crippen LogP contribution is 2.34. The number of thiazole rings is 1. The quantitative estimate of drug-likeness (QED) is 0.448. The average molecular weight is 435 g/mol. The number of halogens is 5. The number of pyridine rings is 1. The number of nitrogens with zero attached hydrogens (tertiary/aromatic N) is 2. The molecule has 3 N–H and O–H groups in total. The number of hydrogen-bond donors (Lipinski definition) is 3. The Morgan fingerprint density at radius 1 is 1.07 bits per heavy atom. The number of benzene rings is 1. The molecule has 5 nitrogen and oxygen atoms in total. The summed E-state index contributed by atoms with van der Waals surface area (Å²) in [4.78, 5) is 8.06. The van der Waals surface area contributed by atoms with Gasteiger partial charge in [0.2, 0.25) is 0 Å². The Morgan fingerprint density at radius 2 is 1.70 bits per heavy atom. The fraction of sp³-hybridized carbons (Fsp3) is 0.125. The van der Waals surface area contributed by atoms with E-state index < -0.39 is 18.0 Å². The second-order valence-corrected chi connectivity index (χ2v) is 6.98. The zero-order chi connectivity index (χ0) is 19.6. The van der Waals surface area contributed by atoms with E-state index in [0.717, 1.165) is 12.1 Å². The molecule has 0 bridgehead atoms. The number of anilines is 3. The van der Waals surface area contributed by atoms with Crippen molar-refractivity contribution in [2.45, 2.75) is 12.4 Å². The van der Waals surface area contributed by atoms with Crippen LogP contribution in [0.3, 0.4) is 0 Å². The Labute approximate surface area is 165 Å². The van der Waals surface area contributed by atoms with Crippen LogP contribution in [0.25, 0.3) is 0 Å². The molecule has 2 aromatic heterocycles. The van der Waals surface area contributed by atoms with Crippen LogP contribution in [0.4, 0.5) is 29.7 Å². The van der Waals surface area contributed by atoms with Crippen LogP contribution in [0.15, 0.2) is 42.0 Å². The molecule has 1 aromatic carbocycles. The van der Waals surface area contributed by atoms with E-state index in [1.807, 2.05) is 0 Å². The molecule has 142 valence electrons. The molecular formula is C16H11Cl2F3N4OS. The smallest absolute Gasteiger partial charge is 0.368 e. The molecular weight excluding hydrogens is 424 g/mol. The first-order valence-corrected chi connectivity index (χ1v) is 9.01. The standard InChI is InChI=1S/C16H11Cl2F3N4OS/c17-10-5-22-6-11(18)13(10)25-15-24-12(7-27-15)14(26)23-9-3-1-8(2-4-9)16(19,20)21/h1-7,14,23,26H,(H,22,24,25). The first-order chi connectivity index (χ1) is 12.7. The van der Waals surface area contributed by atoms with E-state index in [-0.39, 0.29) is 5.69 Å². The van der Waals surface area contributed by atoms with E-state index in [1.54, 1.807) is 5.38 Å². The van der Waals surface area contributed by atoms with Gasteiger partial charge in [0, 0.05) is 23.5 Å². The largest absolute Gasteiger partial charge is 0.416 e. The SMILES string of the molecule is OC(Nc1ccc(C(F)(F)F)cc1)c1csc(Nc2c(Cl)cncc2Cl)n1. The lowest BCUT2D eigenvalue weighted by atomic mass is 10.2. The maximum Gasteiger partial charge on any atom is 0.416 e. The van der Waals surface area contributed by atoms with E-state index in [0.29, 0.717) is 26.6 Å². The lowest BCUT2D eigenvalue weighted by molar-refractivity contribution is -0.137.